The fraction of sp³-hybridized carbons (Fsp3) is 0.444. The maximum absolute atomic E-state index is 12.3. The maximum atomic E-state index is 12.3. The SMILES string of the molecule is CCOC(=O)NC(CNC(=O)c1cnn(-c2ccccc2)n1)CC(C)C. The lowest BCUT2D eigenvalue weighted by Crippen LogP contribution is -2.44. The topological polar surface area (TPSA) is 98.1 Å². The van der Waals surface area contributed by atoms with Crippen molar-refractivity contribution in [2.24, 2.45) is 5.92 Å². The third-order valence-corrected chi connectivity index (χ3v) is 3.57. The zero-order valence-corrected chi connectivity index (χ0v) is 15.3. The molecule has 0 aliphatic rings. The molecule has 0 saturated heterocycles. The minimum Gasteiger partial charge on any atom is -0.450 e. The monoisotopic (exact) mass is 359 g/mol. The number of rotatable bonds is 8. The number of aromatic nitrogens is 3. The third-order valence-electron chi connectivity index (χ3n) is 3.57. The molecule has 2 rings (SSSR count). The summed E-state index contributed by atoms with van der Waals surface area (Å²) >= 11 is 0. The normalized spacial score (nSPS) is 11.8. The van der Waals surface area contributed by atoms with Crippen LogP contribution in [0.5, 0.6) is 0 Å². The van der Waals surface area contributed by atoms with E-state index in [9.17, 15) is 9.59 Å². The maximum Gasteiger partial charge on any atom is 0.407 e. The Kier molecular flexibility index (Phi) is 7.13. The summed E-state index contributed by atoms with van der Waals surface area (Å²) in [5, 5.41) is 13.9. The molecule has 8 heteroatoms. The van der Waals surface area contributed by atoms with Gasteiger partial charge in [0, 0.05) is 12.6 Å². The van der Waals surface area contributed by atoms with E-state index in [1.807, 2.05) is 44.2 Å². The van der Waals surface area contributed by atoms with Gasteiger partial charge in [-0.1, -0.05) is 32.0 Å². The van der Waals surface area contributed by atoms with Crippen LogP contribution in [0.2, 0.25) is 0 Å². The molecule has 0 spiro atoms. The van der Waals surface area contributed by atoms with Crippen LogP contribution in [0.1, 0.15) is 37.7 Å². The Morgan fingerprint density at radius 2 is 1.96 bits per heavy atom. The molecule has 1 heterocycles. The predicted molar refractivity (Wildman–Crippen MR) is 97.1 cm³/mol. The molecule has 2 N–H and O–H groups in total. The van der Waals surface area contributed by atoms with Crippen molar-refractivity contribution < 1.29 is 14.3 Å². The van der Waals surface area contributed by atoms with Crippen LogP contribution >= 0.6 is 0 Å². The van der Waals surface area contributed by atoms with Gasteiger partial charge in [0.05, 0.1) is 18.5 Å². The first kappa shape index (κ1) is 19.4. The van der Waals surface area contributed by atoms with E-state index in [-0.39, 0.29) is 24.2 Å². The first-order chi connectivity index (χ1) is 12.5. The molecule has 0 bridgehead atoms. The average Bonchev–Trinajstić information content (AvgIpc) is 3.10. The number of amides is 2. The molecule has 0 aliphatic heterocycles. The van der Waals surface area contributed by atoms with Gasteiger partial charge in [-0.05, 0) is 31.4 Å². The first-order valence-electron chi connectivity index (χ1n) is 8.68. The lowest BCUT2D eigenvalue weighted by molar-refractivity contribution is 0.0939. The van der Waals surface area contributed by atoms with Gasteiger partial charge in [0.1, 0.15) is 0 Å². The number of hydrogen-bond donors (Lipinski definition) is 2. The Morgan fingerprint density at radius 1 is 1.23 bits per heavy atom. The zero-order valence-electron chi connectivity index (χ0n) is 15.3. The minimum atomic E-state index is -0.484. The molecule has 0 fully saturated rings. The lowest BCUT2D eigenvalue weighted by atomic mass is 10.0. The second kappa shape index (κ2) is 9.55. The third kappa shape index (κ3) is 5.87. The largest absolute Gasteiger partial charge is 0.450 e. The highest BCUT2D eigenvalue weighted by molar-refractivity contribution is 5.91. The molecule has 8 nitrogen and oxygen atoms in total. The van der Waals surface area contributed by atoms with Gasteiger partial charge in [-0.3, -0.25) is 4.79 Å². The van der Waals surface area contributed by atoms with Crippen molar-refractivity contribution in [2.45, 2.75) is 33.2 Å². The average molecular weight is 359 g/mol. The summed E-state index contributed by atoms with van der Waals surface area (Å²) < 4.78 is 4.91. The van der Waals surface area contributed by atoms with Crippen LogP contribution in [0, 0.1) is 5.92 Å². The van der Waals surface area contributed by atoms with Gasteiger partial charge in [-0.25, -0.2) is 4.79 Å². The minimum absolute atomic E-state index is 0.216. The van der Waals surface area contributed by atoms with Crippen LogP contribution in [0.4, 0.5) is 4.79 Å². The van der Waals surface area contributed by atoms with E-state index in [0.29, 0.717) is 12.5 Å². The molecule has 2 amide bonds. The highest BCUT2D eigenvalue weighted by Gasteiger charge is 2.18. The number of benzene rings is 1. The number of para-hydroxylation sites is 1. The molecule has 2 aromatic rings. The number of nitrogens with zero attached hydrogens (tertiary/aromatic N) is 3. The fourth-order valence-electron chi connectivity index (χ4n) is 2.46. The molecule has 26 heavy (non-hydrogen) atoms. The van der Waals surface area contributed by atoms with Gasteiger partial charge in [0.25, 0.3) is 5.91 Å². The predicted octanol–water partition coefficient (Wildman–Crippen LogP) is 2.16. The summed E-state index contributed by atoms with van der Waals surface area (Å²) in [6.07, 6.45) is 1.65. The molecule has 1 unspecified atom stereocenters. The van der Waals surface area contributed by atoms with E-state index in [4.69, 9.17) is 4.74 Å². The Labute approximate surface area is 152 Å². The molecule has 1 atom stereocenters. The van der Waals surface area contributed by atoms with Gasteiger partial charge in [-0.15, -0.1) is 5.10 Å². The lowest BCUT2D eigenvalue weighted by Gasteiger charge is -2.20. The molecule has 0 saturated carbocycles. The van der Waals surface area contributed by atoms with E-state index in [1.165, 1.54) is 11.0 Å². The van der Waals surface area contributed by atoms with Crippen molar-refractivity contribution in [1.29, 1.82) is 0 Å². The Bertz CT molecular complexity index is 715. The van der Waals surface area contributed by atoms with Gasteiger partial charge in [0.2, 0.25) is 0 Å². The van der Waals surface area contributed by atoms with Crippen molar-refractivity contribution in [3.8, 4) is 5.69 Å². The number of hydrogen-bond acceptors (Lipinski definition) is 5. The molecule has 0 aliphatic carbocycles. The Hall–Kier alpha value is -2.90. The number of carbonyl (C=O) groups excluding carboxylic acids is 2. The van der Waals surface area contributed by atoms with Crippen LogP contribution in [0.3, 0.4) is 0 Å². The summed E-state index contributed by atoms with van der Waals surface area (Å²) in [5.41, 5.74) is 0.987. The van der Waals surface area contributed by atoms with E-state index in [0.717, 1.165) is 12.1 Å². The van der Waals surface area contributed by atoms with Crippen molar-refractivity contribution in [3.05, 3.63) is 42.2 Å². The number of nitrogens with one attached hydrogen (secondary N) is 2. The van der Waals surface area contributed by atoms with Crippen molar-refractivity contribution in [3.63, 3.8) is 0 Å². The number of alkyl carbamates (subject to hydrolysis) is 1. The second-order valence-corrected chi connectivity index (χ2v) is 6.26. The highest BCUT2D eigenvalue weighted by atomic mass is 16.5. The van der Waals surface area contributed by atoms with Crippen LogP contribution < -0.4 is 10.6 Å². The summed E-state index contributed by atoms with van der Waals surface area (Å²) in [4.78, 5) is 25.4. The summed E-state index contributed by atoms with van der Waals surface area (Å²) in [6, 6.07) is 9.12. The van der Waals surface area contributed by atoms with Crippen LogP contribution in [-0.2, 0) is 4.74 Å². The van der Waals surface area contributed by atoms with E-state index < -0.39 is 6.09 Å². The van der Waals surface area contributed by atoms with Gasteiger partial charge in [-0.2, -0.15) is 9.90 Å². The van der Waals surface area contributed by atoms with Crippen molar-refractivity contribution >= 4 is 12.0 Å². The molecule has 140 valence electrons. The highest BCUT2D eigenvalue weighted by Crippen LogP contribution is 2.06. The first-order valence-corrected chi connectivity index (χ1v) is 8.68. The Morgan fingerprint density at radius 3 is 2.62 bits per heavy atom. The van der Waals surface area contributed by atoms with E-state index in [1.54, 1.807) is 6.92 Å². The second-order valence-electron chi connectivity index (χ2n) is 6.26. The van der Waals surface area contributed by atoms with Crippen molar-refractivity contribution in [1.82, 2.24) is 25.6 Å². The fourth-order valence-corrected chi connectivity index (χ4v) is 2.46. The molecule has 1 aromatic heterocycles. The number of ether oxygens (including phenoxy) is 1. The van der Waals surface area contributed by atoms with Crippen LogP contribution in [-0.4, -0.2) is 46.2 Å². The van der Waals surface area contributed by atoms with Crippen molar-refractivity contribution in [2.75, 3.05) is 13.2 Å². The smallest absolute Gasteiger partial charge is 0.407 e. The number of carbonyl (C=O) groups is 2. The zero-order chi connectivity index (χ0) is 18.9. The standard InChI is InChI=1S/C18H25N5O3/c1-4-26-18(25)21-14(10-13(2)3)11-19-17(24)16-12-20-23(22-16)15-8-6-5-7-9-15/h5-9,12-14H,4,10-11H2,1-3H3,(H,19,24)(H,21,25). The van der Waals surface area contributed by atoms with Gasteiger partial charge in [0.15, 0.2) is 5.69 Å². The Balaban J connectivity index is 1.94. The molecular weight excluding hydrogens is 334 g/mol. The molecule has 1 aromatic carbocycles. The van der Waals surface area contributed by atoms with Gasteiger partial charge < -0.3 is 15.4 Å². The molecular formula is C18H25N5O3. The summed E-state index contributed by atoms with van der Waals surface area (Å²) in [7, 11) is 0. The summed E-state index contributed by atoms with van der Waals surface area (Å²) in [5.74, 6) is 0.0179. The van der Waals surface area contributed by atoms with Crippen LogP contribution in [0.15, 0.2) is 36.5 Å². The summed E-state index contributed by atoms with van der Waals surface area (Å²) in [6.45, 7) is 6.43. The van der Waals surface area contributed by atoms with Crippen LogP contribution in [0.25, 0.3) is 5.69 Å². The van der Waals surface area contributed by atoms with E-state index in [2.05, 4.69) is 20.8 Å². The quantitative estimate of drug-likeness (QED) is 0.753. The van der Waals surface area contributed by atoms with E-state index >= 15 is 0 Å². The molecule has 0 radical (unpaired) electrons. The van der Waals surface area contributed by atoms with Gasteiger partial charge >= 0.3 is 6.09 Å².